The molecule has 6 nitrogen and oxygen atoms in total. The van der Waals surface area contributed by atoms with Gasteiger partial charge in [0.05, 0.1) is 0 Å². The Bertz CT molecular complexity index is 336. The Kier molecular flexibility index (Phi) is 2.91. The Labute approximate surface area is 77.7 Å². The average Bonchev–Trinajstić information content (AvgIpc) is 2.52. The summed E-state index contributed by atoms with van der Waals surface area (Å²) in [5.74, 6) is -1.69. The van der Waals surface area contributed by atoms with Crippen LogP contribution in [0.25, 0.3) is 0 Å². The summed E-state index contributed by atoms with van der Waals surface area (Å²) in [7, 11) is 0. The molecule has 1 rings (SSSR count). The SMILES string of the molecule is CCNC(=O)c1nnsc1C(=O)O. The highest BCUT2D eigenvalue weighted by Crippen LogP contribution is 2.09. The van der Waals surface area contributed by atoms with Crippen molar-refractivity contribution in [2.75, 3.05) is 6.54 Å². The summed E-state index contributed by atoms with van der Waals surface area (Å²) in [6.07, 6.45) is 0. The number of aromatic carboxylic acids is 1. The van der Waals surface area contributed by atoms with Crippen molar-refractivity contribution < 1.29 is 14.7 Å². The molecule has 0 fully saturated rings. The van der Waals surface area contributed by atoms with Gasteiger partial charge in [-0.25, -0.2) is 4.79 Å². The highest BCUT2D eigenvalue weighted by Gasteiger charge is 2.20. The largest absolute Gasteiger partial charge is 0.477 e. The van der Waals surface area contributed by atoms with E-state index in [0.29, 0.717) is 18.1 Å². The van der Waals surface area contributed by atoms with E-state index in [0.717, 1.165) is 0 Å². The van der Waals surface area contributed by atoms with Crippen LogP contribution in [0.3, 0.4) is 0 Å². The van der Waals surface area contributed by atoms with E-state index in [2.05, 4.69) is 14.9 Å². The number of hydrogen-bond donors (Lipinski definition) is 2. The monoisotopic (exact) mass is 201 g/mol. The molecular weight excluding hydrogens is 194 g/mol. The minimum atomic E-state index is -1.18. The normalized spacial score (nSPS) is 9.62. The van der Waals surface area contributed by atoms with Crippen LogP contribution in [0.1, 0.15) is 27.1 Å². The molecule has 1 aromatic heterocycles. The van der Waals surface area contributed by atoms with Crippen LogP contribution in [0.15, 0.2) is 0 Å². The van der Waals surface area contributed by atoms with Gasteiger partial charge in [0.25, 0.3) is 5.91 Å². The van der Waals surface area contributed by atoms with Crippen molar-refractivity contribution in [1.82, 2.24) is 14.9 Å². The number of carbonyl (C=O) groups is 2. The summed E-state index contributed by atoms with van der Waals surface area (Å²) in [6, 6.07) is 0. The summed E-state index contributed by atoms with van der Waals surface area (Å²) in [4.78, 5) is 21.6. The van der Waals surface area contributed by atoms with Crippen molar-refractivity contribution >= 4 is 23.4 Å². The standard InChI is InChI=1S/C6H7N3O3S/c1-2-7-5(10)3-4(6(11)12)13-9-8-3/h2H2,1H3,(H,7,10)(H,11,12). The van der Waals surface area contributed by atoms with Crippen molar-refractivity contribution in [3.8, 4) is 0 Å². The van der Waals surface area contributed by atoms with Crippen molar-refractivity contribution in [2.45, 2.75) is 6.92 Å². The van der Waals surface area contributed by atoms with Gasteiger partial charge in [0.2, 0.25) is 0 Å². The molecule has 0 unspecified atom stereocenters. The summed E-state index contributed by atoms with van der Waals surface area (Å²) in [5, 5.41) is 14.5. The molecule has 0 aromatic carbocycles. The molecule has 0 aliphatic rings. The first-order valence-corrected chi connectivity index (χ1v) is 4.28. The maximum atomic E-state index is 11.2. The number of carboxylic acids is 1. The quantitative estimate of drug-likeness (QED) is 0.717. The molecule has 2 N–H and O–H groups in total. The maximum absolute atomic E-state index is 11.2. The summed E-state index contributed by atoms with van der Waals surface area (Å²) < 4.78 is 3.40. The number of hydrogen-bond acceptors (Lipinski definition) is 5. The number of nitrogens with one attached hydrogen (secondary N) is 1. The van der Waals surface area contributed by atoms with E-state index >= 15 is 0 Å². The number of rotatable bonds is 3. The van der Waals surface area contributed by atoms with E-state index < -0.39 is 11.9 Å². The van der Waals surface area contributed by atoms with E-state index in [-0.39, 0.29) is 10.6 Å². The van der Waals surface area contributed by atoms with Gasteiger partial charge in [0.1, 0.15) is 0 Å². The molecular formula is C6H7N3O3S. The number of aromatic nitrogens is 2. The number of carboxylic acid groups (broad SMARTS) is 1. The van der Waals surface area contributed by atoms with Gasteiger partial charge < -0.3 is 10.4 Å². The first kappa shape index (κ1) is 9.59. The van der Waals surface area contributed by atoms with Crippen molar-refractivity contribution in [1.29, 1.82) is 0 Å². The fraction of sp³-hybridized carbons (Fsp3) is 0.333. The smallest absolute Gasteiger partial charge is 0.350 e. The van der Waals surface area contributed by atoms with Crippen molar-refractivity contribution in [3.63, 3.8) is 0 Å². The second-order valence-electron chi connectivity index (χ2n) is 2.12. The molecule has 0 saturated heterocycles. The Morgan fingerprint density at radius 2 is 2.31 bits per heavy atom. The van der Waals surface area contributed by atoms with Crippen LogP contribution >= 0.6 is 11.5 Å². The second-order valence-corrected chi connectivity index (χ2v) is 2.87. The fourth-order valence-corrected chi connectivity index (χ4v) is 1.23. The summed E-state index contributed by atoms with van der Waals surface area (Å²) in [5.41, 5.74) is -0.126. The zero-order valence-electron chi connectivity index (χ0n) is 6.77. The maximum Gasteiger partial charge on any atom is 0.350 e. The molecule has 1 aromatic rings. The molecule has 0 radical (unpaired) electrons. The van der Waals surface area contributed by atoms with Gasteiger partial charge in [-0.1, -0.05) is 4.49 Å². The lowest BCUT2D eigenvalue weighted by Gasteiger charge is -1.97. The number of amides is 1. The predicted molar refractivity (Wildman–Crippen MR) is 44.9 cm³/mol. The van der Waals surface area contributed by atoms with Crippen LogP contribution in [0.2, 0.25) is 0 Å². The average molecular weight is 201 g/mol. The predicted octanol–water partition coefficient (Wildman–Crippen LogP) is -0.0140. The zero-order valence-corrected chi connectivity index (χ0v) is 7.59. The summed E-state index contributed by atoms with van der Waals surface area (Å²) >= 11 is 0.690. The molecule has 0 aliphatic heterocycles. The zero-order chi connectivity index (χ0) is 9.84. The van der Waals surface area contributed by atoms with Gasteiger partial charge in [-0.2, -0.15) is 0 Å². The van der Waals surface area contributed by atoms with Gasteiger partial charge in [0, 0.05) is 6.54 Å². The highest BCUT2D eigenvalue weighted by molar-refractivity contribution is 7.08. The molecule has 1 heterocycles. The third-order valence-corrected chi connectivity index (χ3v) is 1.95. The molecule has 13 heavy (non-hydrogen) atoms. The molecule has 0 atom stereocenters. The van der Waals surface area contributed by atoms with E-state index in [4.69, 9.17) is 5.11 Å². The summed E-state index contributed by atoms with van der Waals surface area (Å²) in [6.45, 7) is 2.16. The van der Waals surface area contributed by atoms with Crippen molar-refractivity contribution in [2.24, 2.45) is 0 Å². The lowest BCUT2D eigenvalue weighted by atomic mass is 10.3. The number of nitrogens with zero attached hydrogens (tertiary/aromatic N) is 2. The van der Waals surface area contributed by atoms with Crippen LogP contribution in [0, 0.1) is 0 Å². The van der Waals surface area contributed by atoms with Crippen LogP contribution in [-0.2, 0) is 0 Å². The minimum absolute atomic E-state index is 0.126. The van der Waals surface area contributed by atoms with Crippen LogP contribution in [0.5, 0.6) is 0 Å². The highest BCUT2D eigenvalue weighted by atomic mass is 32.1. The molecule has 7 heteroatoms. The lowest BCUT2D eigenvalue weighted by Crippen LogP contribution is -2.24. The fourth-order valence-electron chi connectivity index (χ4n) is 0.724. The van der Waals surface area contributed by atoms with Crippen LogP contribution in [0.4, 0.5) is 0 Å². The Morgan fingerprint density at radius 1 is 1.62 bits per heavy atom. The third-order valence-electron chi connectivity index (χ3n) is 1.23. The second kappa shape index (κ2) is 3.94. The third kappa shape index (κ3) is 2.00. The van der Waals surface area contributed by atoms with Gasteiger partial charge in [-0.05, 0) is 18.5 Å². The van der Waals surface area contributed by atoms with Gasteiger partial charge in [-0.15, -0.1) is 5.10 Å². The number of carbonyl (C=O) groups excluding carboxylic acids is 1. The molecule has 0 bridgehead atoms. The minimum Gasteiger partial charge on any atom is -0.477 e. The molecule has 0 aliphatic carbocycles. The van der Waals surface area contributed by atoms with Crippen molar-refractivity contribution in [3.05, 3.63) is 10.6 Å². The van der Waals surface area contributed by atoms with Gasteiger partial charge >= 0.3 is 5.97 Å². The first-order chi connectivity index (χ1) is 6.16. The molecule has 0 spiro atoms. The van der Waals surface area contributed by atoms with E-state index in [9.17, 15) is 9.59 Å². The van der Waals surface area contributed by atoms with E-state index in [1.165, 1.54) is 0 Å². The molecule has 1 amide bonds. The topological polar surface area (TPSA) is 92.2 Å². The van der Waals surface area contributed by atoms with Gasteiger partial charge in [0.15, 0.2) is 10.6 Å². The Balaban J connectivity index is 2.93. The van der Waals surface area contributed by atoms with Crippen LogP contribution < -0.4 is 5.32 Å². The van der Waals surface area contributed by atoms with Crippen LogP contribution in [-0.4, -0.2) is 33.1 Å². The van der Waals surface area contributed by atoms with Gasteiger partial charge in [-0.3, -0.25) is 4.79 Å². The van der Waals surface area contributed by atoms with E-state index in [1.54, 1.807) is 6.92 Å². The van der Waals surface area contributed by atoms with E-state index in [1.807, 2.05) is 0 Å². The Hall–Kier alpha value is -1.50. The first-order valence-electron chi connectivity index (χ1n) is 3.50. The molecule has 0 saturated carbocycles. The Morgan fingerprint density at radius 3 is 2.85 bits per heavy atom. The molecule has 70 valence electrons. The lowest BCUT2D eigenvalue weighted by molar-refractivity contribution is 0.0696.